The number of rotatable bonds is 4. The molecular formula is C19H26N2. The van der Waals surface area contributed by atoms with Crippen molar-refractivity contribution in [1.29, 1.82) is 0 Å². The maximum Gasteiger partial charge on any atom is 0.245 e. The third kappa shape index (κ3) is 10.3. The summed E-state index contributed by atoms with van der Waals surface area (Å²) in [6.07, 6.45) is 5.54. The first-order chi connectivity index (χ1) is 10.3. The number of hydrogen-bond donors (Lipinski definition) is 0. The Hall–Kier alpha value is -2.18. The predicted octanol–water partition coefficient (Wildman–Crippen LogP) is 5.86. The predicted molar refractivity (Wildman–Crippen MR) is 92.4 cm³/mol. The van der Waals surface area contributed by atoms with Crippen LogP contribution in [-0.2, 0) is 0 Å². The standard InChI is InChI=1S/C12H10.C6H14.CH2N2/c1-3-7-11(8-4-1)12-9-5-2-6-10-12;1-3-5-6-4-2;1-3-2/h1-10H;3-6H2,1-2H3;1H2. The number of hydrogen-bond acceptors (Lipinski definition) is 0. The second-order valence-corrected chi connectivity index (χ2v) is 4.58. The summed E-state index contributed by atoms with van der Waals surface area (Å²) in [5.41, 5.74) is 9.64. The van der Waals surface area contributed by atoms with Crippen molar-refractivity contribution in [2.75, 3.05) is 0 Å². The van der Waals surface area contributed by atoms with Crippen molar-refractivity contribution in [3.63, 3.8) is 0 Å². The average molecular weight is 282 g/mol. The van der Waals surface area contributed by atoms with Crippen LogP contribution in [-0.4, -0.2) is 11.5 Å². The van der Waals surface area contributed by atoms with Gasteiger partial charge in [-0.2, -0.15) is 4.79 Å². The Kier molecular flexibility index (Phi) is 12.8. The smallest absolute Gasteiger partial charge is 0.245 e. The fourth-order valence-electron chi connectivity index (χ4n) is 1.76. The van der Waals surface area contributed by atoms with Crippen molar-refractivity contribution in [3.05, 3.63) is 66.2 Å². The van der Waals surface area contributed by atoms with E-state index in [4.69, 9.17) is 5.53 Å². The van der Waals surface area contributed by atoms with Gasteiger partial charge >= 0.3 is 0 Å². The van der Waals surface area contributed by atoms with Crippen LogP contribution in [0.5, 0.6) is 0 Å². The molecular weight excluding hydrogens is 256 g/mol. The van der Waals surface area contributed by atoms with E-state index in [0.29, 0.717) is 0 Å². The fourth-order valence-corrected chi connectivity index (χ4v) is 1.76. The van der Waals surface area contributed by atoms with Gasteiger partial charge in [-0.3, -0.25) is 0 Å². The SMILES string of the molecule is C=[N+]=[N-].CCCCCC.c1ccc(-c2ccccc2)cc1. The van der Waals surface area contributed by atoms with E-state index >= 15 is 0 Å². The summed E-state index contributed by atoms with van der Waals surface area (Å²) >= 11 is 0. The zero-order valence-electron chi connectivity index (χ0n) is 13.2. The van der Waals surface area contributed by atoms with Gasteiger partial charge in [-0.25, -0.2) is 0 Å². The van der Waals surface area contributed by atoms with E-state index in [1.165, 1.54) is 36.8 Å². The first-order valence-corrected chi connectivity index (χ1v) is 7.50. The van der Waals surface area contributed by atoms with Gasteiger partial charge in [0.2, 0.25) is 6.72 Å². The first-order valence-electron chi connectivity index (χ1n) is 7.50. The summed E-state index contributed by atoms with van der Waals surface area (Å²) in [7, 11) is 0. The third-order valence-corrected chi connectivity index (χ3v) is 2.84. The zero-order chi connectivity index (χ0) is 15.8. The highest BCUT2D eigenvalue weighted by Crippen LogP contribution is 2.17. The Labute approximate surface area is 129 Å². The lowest BCUT2D eigenvalue weighted by molar-refractivity contribution is 0.0110. The molecule has 0 fully saturated rings. The van der Waals surface area contributed by atoms with E-state index < -0.39 is 0 Å². The molecule has 0 heterocycles. The van der Waals surface area contributed by atoms with Crippen LogP contribution in [0, 0.1) is 0 Å². The number of benzene rings is 2. The molecule has 2 nitrogen and oxygen atoms in total. The molecule has 0 atom stereocenters. The zero-order valence-corrected chi connectivity index (χ0v) is 13.2. The van der Waals surface area contributed by atoms with E-state index in [2.05, 4.69) is 73.9 Å². The van der Waals surface area contributed by atoms with Crippen molar-refractivity contribution >= 4 is 6.72 Å². The molecule has 0 aliphatic rings. The van der Waals surface area contributed by atoms with Crippen LogP contribution in [0.25, 0.3) is 16.7 Å². The van der Waals surface area contributed by atoms with Crippen molar-refractivity contribution in [2.45, 2.75) is 39.5 Å². The second-order valence-electron chi connectivity index (χ2n) is 4.58. The summed E-state index contributed by atoms with van der Waals surface area (Å²) in [5.74, 6) is 0. The maximum absolute atomic E-state index is 7.08. The van der Waals surface area contributed by atoms with E-state index in [1.54, 1.807) is 0 Å². The second kappa shape index (κ2) is 14.2. The molecule has 0 radical (unpaired) electrons. The van der Waals surface area contributed by atoms with Crippen LogP contribution >= 0.6 is 0 Å². The van der Waals surface area contributed by atoms with Crippen LogP contribution in [0.15, 0.2) is 60.7 Å². The van der Waals surface area contributed by atoms with Crippen LogP contribution in [0.1, 0.15) is 39.5 Å². The van der Waals surface area contributed by atoms with Gasteiger partial charge in [0.15, 0.2) is 0 Å². The minimum atomic E-state index is 1.28. The number of nitrogens with zero attached hydrogens (tertiary/aromatic N) is 2. The van der Waals surface area contributed by atoms with Crippen LogP contribution in [0.4, 0.5) is 0 Å². The van der Waals surface area contributed by atoms with Gasteiger partial charge in [0.25, 0.3) is 0 Å². The fraction of sp³-hybridized carbons (Fsp3) is 0.316. The highest BCUT2D eigenvalue weighted by Gasteiger charge is 1.91. The van der Waals surface area contributed by atoms with Gasteiger partial charge in [-0.1, -0.05) is 100 Å². The molecule has 2 heteroatoms. The molecule has 0 saturated heterocycles. The van der Waals surface area contributed by atoms with Crippen LogP contribution in [0.3, 0.4) is 0 Å². The van der Waals surface area contributed by atoms with Gasteiger partial charge in [0.1, 0.15) is 0 Å². The van der Waals surface area contributed by atoms with E-state index in [-0.39, 0.29) is 0 Å². The summed E-state index contributed by atoms with van der Waals surface area (Å²) in [5, 5.41) is 0. The summed E-state index contributed by atoms with van der Waals surface area (Å²) < 4.78 is 0. The van der Waals surface area contributed by atoms with Gasteiger partial charge in [-0.05, 0) is 11.1 Å². The molecule has 0 saturated carbocycles. The van der Waals surface area contributed by atoms with Gasteiger partial charge < -0.3 is 5.53 Å². The quantitative estimate of drug-likeness (QED) is 0.291. The minimum absolute atomic E-state index is 1.28. The molecule has 0 bridgehead atoms. The normalized spacial score (nSPS) is 8.48. The molecule has 0 aromatic heterocycles. The molecule has 2 aromatic rings. The molecule has 112 valence electrons. The molecule has 2 rings (SSSR count). The third-order valence-electron chi connectivity index (χ3n) is 2.84. The van der Waals surface area contributed by atoms with Gasteiger partial charge in [-0.15, -0.1) is 0 Å². The average Bonchev–Trinajstić information content (AvgIpc) is 2.56. The van der Waals surface area contributed by atoms with Crippen molar-refractivity contribution in [3.8, 4) is 11.1 Å². The molecule has 0 amide bonds. The monoisotopic (exact) mass is 282 g/mol. The highest BCUT2D eigenvalue weighted by atomic mass is 14.8. The lowest BCUT2D eigenvalue weighted by atomic mass is 10.1. The molecule has 0 aliphatic carbocycles. The highest BCUT2D eigenvalue weighted by molar-refractivity contribution is 5.62. The van der Waals surface area contributed by atoms with Crippen molar-refractivity contribution in [1.82, 2.24) is 0 Å². The molecule has 0 N–H and O–H groups in total. The van der Waals surface area contributed by atoms with Gasteiger partial charge in [0.05, 0.1) is 0 Å². The van der Waals surface area contributed by atoms with Crippen LogP contribution in [0.2, 0.25) is 0 Å². The summed E-state index contributed by atoms with van der Waals surface area (Å²) in [4.78, 5) is 2.25. The molecule has 21 heavy (non-hydrogen) atoms. The lowest BCUT2D eigenvalue weighted by Crippen LogP contribution is -1.73. The molecule has 0 unspecified atom stereocenters. The van der Waals surface area contributed by atoms with E-state index in [9.17, 15) is 0 Å². The van der Waals surface area contributed by atoms with E-state index in [0.717, 1.165) is 0 Å². The Morgan fingerprint density at radius 3 is 1.29 bits per heavy atom. The van der Waals surface area contributed by atoms with Gasteiger partial charge in [0, 0.05) is 0 Å². The topological polar surface area (TPSA) is 36.4 Å². The van der Waals surface area contributed by atoms with Crippen molar-refractivity contribution < 1.29 is 4.79 Å². The lowest BCUT2D eigenvalue weighted by Gasteiger charge is -1.98. The Balaban J connectivity index is 0.000000378. The molecule has 0 spiro atoms. The number of unbranched alkanes of at least 4 members (excludes halogenated alkanes) is 3. The van der Waals surface area contributed by atoms with Crippen LogP contribution < -0.4 is 0 Å². The Bertz CT molecular complexity index is 430. The molecule has 2 aromatic carbocycles. The largest absolute Gasteiger partial charge is 0.362 e. The van der Waals surface area contributed by atoms with Crippen molar-refractivity contribution in [2.24, 2.45) is 0 Å². The van der Waals surface area contributed by atoms with E-state index in [1.807, 2.05) is 12.1 Å². The summed E-state index contributed by atoms with van der Waals surface area (Å²) in [6, 6.07) is 20.8. The summed E-state index contributed by atoms with van der Waals surface area (Å²) in [6.45, 7) is 7.13. The maximum atomic E-state index is 7.08. The molecule has 0 aliphatic heterocycles. The Morgan fingerprint density at radius 2 is 1.05 bits per heavy atom. The Morgan fingerprint density at radius 1 is 0.762 bits per heavy atom. The first kappa shape index (κ1) is 18.8. The minimum Gasteiger partial charge on any atom is -0.362 e.